The minimum absolute atomic E-state index is 1.14. The SMILES string of the molecule is c1ccc(-c2cc([Si](c3ccccc3)(c3ccccc3)c3ccccc3)c3c4ccccc4n(-c4cccc5c6ccccc6n(-c6ccccc6-c6ccccc6)c45)c3c2)cc1. The smallest absolute Gasteiger partial charge is 0.180 e. The van der Waals surface area contributed by atoms with Gasteiger partial charge in [-0.1, -0.05) is 224 Å². The summed E-state index contributed by atoms with van der Waals surface area (Å²) in [6, 6.07) is 94.5. The third-order valence-corrected chi connectivity index (χ3v) is 17.8. The largest absolute Gasteiger partial charge is 0.307 e. The standard InChI is InChI=1S/C60H42N2Si/c1-6-23-43(24-7-1)45-41-57-59(58(42-45)63(46-27-10-3-11-28-46,47-29-12-4-13-30-47)48-31-14-5-15-32-48)52-35-18-21-39-55(52)61(57)56-40-22-36-51-50-34-17-20-38-54(50)62(60(51)56)53-37-19-16-33-49(53)44-25-8-2-9-26-44/h1-42H. The van der Waals surface area contributed by atoms with Crippen molar-refractivity contribution in [2.75, 3.05) is 0 Å². The molecule has 0 spiro atoms. The van der Waals surface area contributed by atoms with Gasteiger partial charge in [0.1, 0.15) is 0 Å². The van der Waals surface area contributed by atoms with E-state index in [0.717, 1.165) is 11.4 Å². The molecule has 0 fully saturated rings. The maximum absolute atomic E-state index is 3.04. The fraction of sp³-hybridized carbons (Fsp3) is 0. The summed E-state index contributed by atoms with van der Waals surface area (Å²) in [6.07, 6.45) is 0. The molecule has 0 atom stereocenters. The van der Waals surface area contributed by atoms with Gasteiger partial charge in [-0.3, -0.25) is 0 Å². The molecule has 12 rings (SSSR count). The first-order valence-corrected chi connectivity index (χ1v) is 23.8. The quantitative estimate of drug-likeness (QED) is 0.107. The highest BCUT2D eigenvalue weighted by Gasteiger charge is 2.43. The molecule has 0 amide bonds. The van der Waals surface area contributed by atoms with Crippen molar-refractivity contribution in [3.63, 3.8) is 0 Å². The molecule has 2 nitrogen and oxygen atoms in total. The van der Waals surface area contributed by atoms with E-state index < -0.39 is 8.07 Å². The summed E-state index contributed by atoms with van der Waals surface area (Å²) in [5, 5.41) is 10.4. The first-order valence-electron chi connectivity index (χ1n) is 21.8. The lowest BCUT2D eigenvalue weighted by molar-refractivity contribution is 1.13. The van der Waals surface area contributed by atoms with Crippen molar-refractivity contribution in [3.05, 3.63) is 255 Å². The Kier molecular flexibility index (Phi) is 8.87. The van der Waals surface area contributed by atoms with Gasteiger partial charge in [0.25, 0.3) is 0 Å². The summed E-state index contributed by atoms with van der Waals surface area (Å²) in [4.78, 5) is 0. The molecule has 10 aromatic carbocycles. The predicted octanol–water partition coefficient (Wildman–Crippen LogP) is 12.6. The molecule has 63 heavy (non-hydrogen) atoms. The van der Waals surface area contributed by atoms with Crippen LogP contribution in [0, 0.1) is 0 Å². The summed E-state index contributed by atoms with van der Waals surface area (Å²) in [6.45, 7) is 0. The van der Waals surface area contributed by atoms with Crippen molar-refractivity contribution in [1.29, 1.82) is 0 Å². The molecule has 0 aliphatic carbocycles. The molecule has 3 heteroatoms. The van der Waals surface area contributed by atoms with Gasteiger partial charge in [0.2, 0.25) is 0 Å². The molecule has 0 saturated heterocycles. The maximum Gasteiger partial charge on any atom is 0.180 e. The zero-order valence-electron chi connectivity index (χ0n) is 34.6. The molecule has 0 unspecified atom stereocenters. The van der Waals surface area contributed by atoms with Crippen LogP contribution in [0.5, 0.6) is 0 Å². The number of rotatable bonds is 8. The first kappa shape index (κ1) is 36.8. The van der Waals surface area contributed by atoms with Crippen molar-refractivity contribution in [3.8, 4) is 33.6 Å². The predicted molar refractivity (Wildman–Crippen MR) is 270 cm³/mol. The number of hydrogen-bond donors (Lipinski definition) is 0. The van der Waals surface area contributed by atoms with Crippen LogP contribution in [0.25, 0.3) is 77.2 Å². The molecule has 0 bridgehead atoms. The second-order valence-electron chi connectivity index (χ2n) is 16.4. The van der Waals surface area contributed by atoms with Gasteiger partial charge in [0.15, 0.2) is 8.07 Å². The highest BCUT2D eigenvalue weighted by Crippen LogP contribution is 2.42. The molecule has 0 aliphatic heterocycles. The molecular formula is C60H42N2Si. The van der Waals surface area contributed by atoms with Gasteiger partial charge >= 0.3 is 0 Å². The molecule has 12 aromatic rings. The summed E-state index contributed by atoms with van der Waals surface area (Å²) in [5.74, 6) is 0. The van der Waals surface area contributed by atoms with Crippen molar-refractivity contribution >= 4 is 72.4 Å². The summed E-state index contributed by atoms with van der Waals surface area (Å²) in [7, 11) is -3.04. The lowest BCUT2D eigenvalue weighted by atomic mass is 10.0. The van der Waals surface area contributed by atoms with E-state index in [9.17, 15) is 0 Å². The molecule has 0 aliphatic rings. The topological polar surface area (TPSA) is 9.86 Å². The summed E-state index contributed by atoms with van der Waals surface area (Å²) < 4.78 is 5.09. The van der Waals surface area contributed by atoms with Crippen molar-refractivity contribution in [2.24, 2.45) is 0 Å². The van der Waals surface area contributed by atoms with Gasteiger partial charge < -0.3 is 9.13 Å². The molecule has 0 N–H and O–H groups in total. The Balaban J connectivity index is 1.29. The van der Waals surface area contributed by atoms with E-state index in [0.29, 0.717) is 0 Å². The monoisotopic (exact) mass is 818 g/mol. The van der Waals surface area contributed by atoms with Gasteiger partial charge in [-0.25, -0.2) is 0 Å². The van der Waals surface area contributed by atoms with Crippen LogP contribution < -0.4 is 20.7 Å². The van der Waals surface area contributed by atoms with Gasteiger partial charge in [-0.05, 0) is 67.8 Å². The Bertz CT molecular complexity index is 3500. The Morgan fingerprint density at radius 3 is 1.37 bits per heavy atom. The lowest BCUT2D eigenvalue weighted by Gasteiger charge is -2.35. The van der Waals surface area contributed by atoms with Crippen molar-refractivity contribution in [2.45, 2.75) is 0 Å². The van der Waals surface area contributed by atoms with Gasteiger partial charge in [-0.2, -0.15) is 0 Å². The second kappa shape index (κ2) is 15.2. The van der Waals surface area contributed by atoms with Crippen LogP contribution in [0.15, 0.2) is 255 Å². The molecule has 2 aromatic heterocycles. The maximum atomic E-state index is 2.57. The van der Waals surface area contributed by atoms with Crippen LogP contribution in [0.2, 0.25) is 0 Å². The normalized spacial score (nSPS) is 11.8. The highest BCUT2D eigenvalue weighted by molar-refractivity contribution is 7.20. The van der Waals surface area contributed by atoms with Crippen LogP contribution in [-0.2, 0) is 0 Å². The van der Waals surface area contributed by atoms with E-state index in [2.05, 4.69) is 264 Å². The number of aromatic nitrogens is 2. The number of hydrogen-bond acceptors (Lipinski definition) is 0. The van der Waals surface area contributed by atoms with Crippen molar-refractivity contribution in [1.82, 2.24) is 9.13 Å². The van der Waals surface area contributed by atoms with Gasteiger partial charge in [0.05, 0.1) is 33.4 Å². The number of para-hydroxylation sites is 4. The van der Waals surface area contributed by atoms with Gasteiger partial charge in [0, 0.05) is 27.1 Å². The zero-order valence-corrected chi connectivity index (χ0v) is 35.6. The highest BCUT2D eigenvalue weighted by atomic mass is 28.3. The van der Waals surface area contributed by atoms with Crippen molar-refractivity contribution < 1.29 is 0 Å². The minimum Gasteiger partial charge on any atom is -0.307 e. The average molecular weight is 819 g/mol. The zero-order chi connectivity index (χ0) is 41.7. The number of fused-ring (bicyclic) bond motifs is 6. The Morgan fingerprint density at radius 2 is 0.746 bits per heavy atom. The number of benzene rings is 10. The lowest BCUT2D eigenvalue weighted by Crippen LogP contribution is -2.74. The van der Waals surface area contributed by atoms with E-state index in [4.69, 9.17) is 0 Å². The van der Waals surface area contributed by atoms with E-state index in [1.165, 1.54) is 86.6 Å². The van der Waals surface area contributed by atoms with E-state index in [1.54, 1.807) is 0 Å². The third-order valence-electron chi connectivity index (χ3n) is 13.0. The fourth-order valence-corrected chi connectivity index (χ4v) is 15.5. The fourth-order valence-electron chi connectivity index (χ4n) is 10.4. The molecule has 0 saturated carbocycles. The van der Waals surface area contributed by atoms with E-state index >= 15 is 0 Å². The van der Waals surface area contributed by atoms with Crippen LogP contribution in [0.1, 0.15) is 0 Å². The minimum atomic E-state index is -3.04. The molecule has 296 valence electrons. The van der Waals surface area contributed by atoms with Crippen LogP contribution >= 0.6 is 0 Å². The Labute approximate surface area is 368 Å². The van der Waals surface area contributed by atoms with Crippen LogP contribution in [0.4, 0.5) is 0 Å². The van der Waals surface area contributed by atoms with Gasteiger partial charge in [-0.15, -0.1) is 0 Å². The van der Waals surface area contributed by atoms with E-state index in [-0.39, 0.29) is 0 Å². The molecule has 0 radical (unpaired) electrons. The average Bonchev–Trinajstić information content (AvgIpc) is 3.89. The first-order chi connectivity index (χ1) is 31.3. The Hall–Kier alpha value is -7.98. The van der Waals surface area contributed by atoms with Crippen LogP contribution in [-0.4, -0.2) is 17.2 Å². The second-order valence-corrected chi connectivity index (χ2v) is 20.2. The molecule has 2 heterocycles. The van der Waals surface area contributed by atoms with E-state index in [1.807, 2.05) is 0 Å². The van der Waals surface area contributed by atoms with Crippen LogP contribution in [0.3, 0.4) is 0 Å². The third kappa shape index (κ3) is 5.78. The number of nitrogens with zero attached hydrogens (tertiary/aromatic N) is 2. The Morgan fingerprint density at radius 1 is 0.286 bits per heavy atom. The summed E-state index contributed by atoms with van der Waals surface area (Å²) in [5.41, 5.74) is 11.8. The summed E-state index contributed by atoms with van der Waals surface area (Å²) >= 11 is 0. The molecular weight excluding hydrogens is 777 g/mol.